The van der Waals surface area contributed by atoms with Crippen molar-refractivity contribution < 1.29 is 4.74 Å². The molecule has 0 aliphatic carbocycles. The highest BCUT2D eigenvalue weighted by Gasteiger charge is 2.13. The Labute approximate surface area is 113 Å². The molecule has 0 radical (unpaired) electrons. The zero-order chi connectivity index (χ0) is 13.1. The van der Waals surface area contributed by atoms with E-state index >= 15 is 0 Å². The molecule has 2 heterocycles. The normalized spacial score (nSPS) is 9.89. The highest BCUT2D eigenvalue weighted by Crippen LogP contribution is 2.26. The summed E-state index contributed by atoms with van der Waals surface area (Å²) in [7, 11) is 0. The maximum absolute atomic E-state index is 9.13. The molecule has 2 aromatic heterocycles. The summed E-state index contributed by atoms with van der Waals surface area (Å²) in [5, 5.41) is 17.0. The van der Waals surface area contributed by atoms with Crippen LogP contribution in [0.3, 0.4) is 0 Å². The molecule has 5 nitrogen and oxygen atoms in total. The summed E-state index contributed by atoms with van der Waals surface area (Å²) in [6, 6.07) is 3.82. The number of aromatic nitrogens is 3. The Morgan fingerprint density at radius 3 is 2.72 bits per heavy atom. The summed E-state index contributed by atoms with van der Waals surface area (Å²) in [5.41, 5.74) is 1.87. The zero-order valence-electron chi connectivity index (χ0n) is 9.81. The van der Waals surface area contributed by atoms with E-state index < -0.39 is 0 Å². The Balaban J connectivity index is 2.42. The van der Waals surface area contributed by atoms with Crippen molar-refractivity contribution >= 4 is 15.9 Å². The van der Waals surface area contributed by atoms with Crippen LogP contribution >= 0.6 is 15.9 Å². The first kappa shape index (κ1) is 12.5. The summed E-state index contributed by atoms with van der Waals surface area (Å²) in [5.74, 6) is 0.693. The molecular weight excluding hydrogens is 296 g/mol. The van der Waals surface area contributed by atoms with Gasteiger partial charge in [0.1, 0.15) is 17.4 Å². The molecule has 0 saturated heterocycles. The predicted molar refractivity (Wildman–Crippen MR) is 68.2 cm³/mol. The molecule has 2 aromatic rings. The van der Waals surface area contributed by atoms with Gasteiger partial charge in [0.05, 0.1) is 11.9 Å². The van der Waals surface area contributed by atoms with Gasteiger partial charge in [0, 0.05) is 10.7 Å². The minimum atomic E-state index is 0.195. The average Bonchev–Trinajstić information content (AvgIpc) is 2.34. The third-order valence-corrected chi connectivity index (χ3v) is 2.86. The summed E-state index contributed by atoms with van der Waals surface area (Å²) in [4.78, 5) is 3.97. The van der Waals surface area contributed by atoms with Crippen molar-refractivity contribution in [2.24, 2.45) is 0 Å². The molecule has 0 saturated carbocycles. The smallest absolute Gasteiger partial charge is 0.257 e. The predicted octanol–water partition coefficient (Wildman–Crippen LogP) is 2.91. The molecule has 6 heteroatoms. The van der Waals surface area contributed by atoms with Crippen molar-refractivity contribution in [3.8, 4) is 17.7 Å². The molecule has 90 valence electrons. The third-order valence-electron chi connectivity index (χ3n) is 2.43. The highest BCUT2D eigenvalue weighted by atomic mass is 79.9. The summed E-state index contributed by atoms with van der Waals surface area (Å²) in [6.45, 7) is 3.61. The van der Waals surface area contributed by atoms with Gasteiger partial charge < -0.3 is 4.74 Å². The maximum Gasteiger partial charge on any atom is 0.257 e. The van der Waals surface area contributed by atoms with Crippen LogP contribution in [0, 0.1) is 25.2 Å². The minimum Gasteiger partial charge on any atom is -0.435 e. The highest BCUT2D eigenvalue weighted by molar-refractivity contribution is 9.10. The van der Waals surface area contributed by atoms with Gasteiger partial charge in [0.2, 0.25) is 0 Å². The van der Waals surface area contributed by atoms with Crippen molar-refractivity contribution in [2.75, 3.05) is 0 Å². The molecule has 0 aliphatic heterocycles. The van der Waals surface area contributed by atoms with Crippen LogP contribution in [0.1, 0.15) is 16.8 Å². The van der Waals surface area contributed by atoms with E-state index in [1.54, 1.807) is 25.4 Å². The molecule has 0 bridgehead atoms. The average molecular weight is 305 g/mol. The number of hydrogen-bond acceptors (Lipinski definition) is 5. The number of aryl methyl sites for hydroxylation is 1. The van der Waals surface area contributed by atoms with E-state index in [-0.39, 0.29) is 5.88 Å². The van der Waals surface area contributed by atoms with Crippen LogP contribution in [0.25, 0.3) is 0 Å². The number of nitrogens with zero attached hydrogens (tertiary/aromatic N) is 4. The first-order valence-electron chi connectivity index (χ1n) is 5.14. The SMILES string of the molecule is Cc1nnc(Oc2cncc(Br)c2)c(C#N)c1C. The number of pyridine rings is 1. The van der Waals surface area contributed by atoms with Gasteiger partial charge in [-0.25, -0.2) is 0 Å². The second-order valence-corrected chi connectivity index (χ2v) is 4.56. The molecule has 0 spiro atoms. The van der Waals surface area contributed by atoms with E-state index in [0.717, 1.165) is 10.0 Å². The van der Waals surface area contributed by atoms with Gasteiger partial charge >= 0.3 is 0 Å². The molecule has 18 heavy (non-hydrogen) atoms. The number of nitriles is 1. The second kappa shape index (κ2) is 5.10. The number of rotatable bonds is 2. The topological polar surface area (TPSA) is 71.7 Å². The molecule has 0 atom stereocenters. The van der Waals surface area contributed by atoms with Crippen LogP contribution in [-0.4, -0.2) is 15.2 Å². The molecule has 0 unspecified atom stereocenters. The number of hydrogen-bond donors (Lipinski definition) is 0. The van der Waals surface area contributed by atoms with E-state index in [1.165, 1.54) is 0 Å². The minimum absolute atomic E-state index is 0.195. The van der Waals surface area contributed by atoms with Crippen molar-refractivity contribution in [3.05, 3.63) is 39.8 Å². The summed E-state index contributed by atoms with van der Waals surface area (Å²) >= 11 is 3.29. The fourth-order valence-electron chi connectivity index (χ4n) is 1.35. The van der Waals surface area contributed by atoms with Crippen LogP contribution in [0.5, 0.6) is 11.6 Å². The van der Waals surface area contributed by atoms with Crippen LogP contribution < -0.4 is 4.74 Å². The third kappa shape index (κ3) is 2.46. The standard InChI is InChI=1S/C12H9BrN4O/c1-7-8(2)16-17-12(11(7)4-14)18-10-3-9(13)5-15-6-10/h3,5-6H,1-2H3. The monoisotopic (exact) mass is 304 g/mol. The molecule has 2 rings (SSSR count). The quantitative estimate of drug-likeness (QED) is 0.853. The van der Waals surface area contributed by atoms with Gasteiger partial charge in [-0.05, 0) is 41.4 Å². The van der Waals surface area contributed by atoms with E-state index in [1.807, 2.05) is 6.92 Å². The van der Waals surface area contributed by atoms with Crippen LogP contribution in [0.15, 0.2) is 22.9 Å². The number of halogens is 1. The Hall–Kier alpha value is -2.00. The zero-order valence-corrected chi connectivity index (χ0v) is 11.4. The Kier molecular flexibility index (Phi) is 3.53. The summed E-state index contributed by atoms with van der Waals surface area (Å²) in [6.07, 6.45) is 3.19. The maximum atomic E-state index is 9.13. The van der Waals surface area contributed by atoms with E-state index in [4.69, 9.17) is 10.00 Å². The lowest BCUT2D eigenvalue weighted by Crippen LogP contribution is -2.00. The van der Waals surface area contributed by atoms with E-state index in [9.17, 15) is 0 Å². The fourth-order valence-corrected chi connectivity index (χ4v) is 1.69. The van der Waals surface area contributed by atoms with E-state index in [2.05, 4.69) is 37.2 Å². The number of ether oxygens (including phenoxy) is 1. The van der Waals surface area contributed by atoms with Gasteiger partial charge in [-0.1, -0.05) is 0 Å². The molecule has 0 aromatic carbocycles. The van der Waals surface area contributed by atoms with Crippen molar-refractivity contribution in [3.63, 3.8) is 0 Å². The van der Waals surface area contributed by atoms with Gasteiger partial charge in [-0.3, -0.25) is 4.98 Å². The van der Waals surface area contributed by atoms with Crippen LogP contribution in [-0.2, 0) is 0 Å². The van der Waals surface area contributed by atoms with Gasteiger partial charge in [-0.2, -0.15) is 10.4 Å². The largest absolute Gasteiger partial charge is 0.435 e. The van der Waals surface area contributed by atoms with Crippen LogP contribution in [0.2, 0.25) is 0 Å². The molecule has 0 amide bonds. The molecular formula is C12H9BrN4O. The van der Waals surface area contributed by atoms with E-state index in [0.29, 0.717) is 17.0 Å². The fraction of sp³-hybridized carbons (Fsp3) is 0.167. The molecule has 0 fully saturated rings. The van der Waals surface area contributed by atoms with Crippen LogP contribution in [0.4, 0.5) is 0 Å². The lowest BCUT2D eigenvalue weighted by atomic mass is 10.1. The Bertz CT molecular complexity index is 636. The van der Waals surface area contributed by atoms with Gasteiger partial charge in [0.25, 0.3) is 5.88 Å². The van der Waals surface area contributed by atoms with Crippen molar-refractivity contribution in [2.45, 2.75) is 13.8 Å². The Morgan fingerprint density at radius 2 is 2.06 bits per heavy atom. The Morgan fingerprint density at radius 1 is 1.28 bits per heavy atom. The van der Waals surface area contributed by atoms with Gasteiger partial charge in [0.15, 0.2) is 0 Å². The lowest BCUT2D eigenvalue weighted by Gasteiger charge is -2.08. The summed E-state index contributed by atoms with van der Waals surface area (Å²) < 4.78 is 6.32. The first-order chi connectivity index (χ1) is 8.61. The molecule has 0 N–H and O–H groups in total. The van der Waals surface area contributed by atoms with Gasteiger partial charge in [-0.15, -0.1) is 5.10 Å². The van der Waals surface area contributed by atoms with Crippen molar-refractivity contribution in [1.82, 2.24) is 15.2 Å². The lowest BCUT2D eigenvalue weighted by molar-refractivity contribution is 0.449. The first-order valence-corrected chi connectivity index (χ1v) is 5.93. The van der Waals surface area contributed by atoms with Crippen molar-refractivity contribution in [1.29, 1.82) is 5.26 Å². The second-order valence-electron chi connectivity index (χ2n) is 3.64. The molecule has 0 aliphatic rings.